The minimum Gasteiger partial charge on any atom is -0.324 e. The number of likely N-dealkylation sites (tertiary alicyclic amines) is 1. The molecule has 0 aromatic heterocycles. The van der Waals surface area contributed by atoms with Crippen LogP contribution in [0, 0.1) is 11.8 Å². The van der Waals surface area contributed by atoms with Gasteiger partial charge in [0.15, 0.2) is 0 Å². The maximum absolute atomic E-state index is 13.1. The van der Waals surface area contributed by atoms with E-state index in [4.69, 9.17) is 0 Å². The van der Waals surface area contributed by atoms with Gasteiger partial charge in [-0.05, 0) is 49.5 Å². The monoisotopic (exact) mass is 496 g/mol. The zero-order valence-electron chi connectivity index (χ0n) is 17.6. The number of hydrogen-bond donors (Lipinski definition) is 1. The zero-order chi connectivity index (χ0) is 24.6. The summed E-state index contributed by atoms with van der Waals surface area (Å²) < 4.78 is 78.8. The number of carbonyl (C=O) groups is 3. The number of nitrogens with one attached hydrogen (secondary N) is 1. The lowest BCUT2D eigenvalue weighted by molar-refractivity contribution is -0.146. The van der Waals surface area contributed by atoms with E-state index in [0.29, 0.717) is 30.7 Å². The van der Waals surface area contributed by atoms with Crippen LogP contribution in [0.1, 0.15) is 43.2 Å². The van der Waals surface area contributed by atoms with Gasteiger partial charge in [-0.15, -0.1) is 0 Å². The summed E-state index contributed by atoms with van der Waals surface area (Å²) in [7, 11) is 0. The SMILES string of the molecule is CSCCC(C(=O)Nc1cc(C(F)(F)F)cc(C(F)(F)F)c1)N1C(=O)C2CCCCC2C1=O. The lowest BCUT2D eigenvalue weighted by Crippen LogP contribution is -2.48. The van der Waals surface area contributed by atoms with E-state index in [2.05, 4.69) is 5.32 Å². The Kier molecular flexibility index (Phi) is 7.35. The van der Waals surface area contributed by atoms with E-state index in [1.807, 2.05) is 0 Å². The highest BCUT2D eigenvalue weighted by molar-refractivity contribution is 7.98. The van der Waals surface area contributed by atoms with Crippen molar-refractivity contribution in [3.63, 3.8) is 0 Å². The lowest BCUT2D eigenvalue weighted by atomic mass is 9.81. The second-order valence-corrected chi connectivity index (χ2v) is 9.11. The van der Waals surface area contributed by atoms with E-state index in [0.717, 1.165) is 17.7 Å². The standard InChI is InChI=1S/C21H22F6N2O3S/c1-33-7-6-16(29-18(31)14-4-2-3-5-15(14)19(29)32)17(30)28-13-9-11(20(22,23)24)8-12(10-13)21(25,26)27/h8-10,14-16H,2-7H2,1H3,(H,28,30). The summed E-state index contributed by atoms with van der Waals surface area (Å²) in [6, 6.07) is -0.579. The molecule has 1 aliphatic heterocycles. The normalized spacial score (nSPS) is 22.3. The third-order valence-corrected chi connectivity index (χ3v) is 6.58. The van der Waals surface area contributed by atoms with Crippen LogP contribution >= 0.6 is 11.8 Å². The molecule has 3 unspecified atom stereocenters. The minimum atomic E-state index is -5.07. The van der Waals surface area contributed by atoms with Gasteiger partial charge in [-0.1, -0.05) is 12.8 Å². The van der Waals surface area contributed by atoms with Gasteiger partial charge in [0.05, 0.1) is 23.0 Å². The Morgan fingerprint density at radius 3 is 1.91 bits per heavy atom. The van der Waals surface area contributed by atoms with Gasteiger partial charge in [-0.2, -0.15) is 38.1 Å². The fourth-order valence-electron chi connectivity index (χ4n) is 4.35. The molecule has 33 heavy (non-hydrogen) atoms. The average Bonchev–Trinajstić information content (AvgIpc) is 2.98. The molecule has 1 aromatic rings. The van der Waals surface area contributed by atoms with Crippen molar-refractivity contribution in [3.05, 3.63) is 29.3 Å². The van der Waals surface area contributed by atoms with Crippen molar-refractivity contribution in [1.29, 1.82) is 0 Å². The summed E-state index contributed by atoms with van der Waals surface area (Å²) in [5.41, 5.74) is -3.87. The number of fused-ring (bicyclic) bond motifs is 1. The summed E-state index contributed by atoms with van der Waals surface area (Å²) in [6.45, 7) is 0. The van der Waals surface area contributed by atoms with Crippen LogP contribution < -0.4 is 5.32 Å². The van der Waals surface area contributed by atoms with Crippen LogP contribution in [0.25, 0.3) is 0 Å². The molecule has 2 aliphatic rings. The molecular weight excluding hydrogens is 474 g/mol. The molecule has 1 N–H and O–H groups in total. The number of nitrogens with zero attached hydrogens (tertiary/aromatic N) is 1. The molecule has 1 saturated heterocycles. The Labute approximate surface area is 190 Å². The number of alkyl halides is 6. The molecular formula is C21H22F6N2O3S. The van der Waals surface area contributed by atoms with Gasteiger partial charge in [0.25, 0.3) is 0 Å². The predicted molar refractivity (Wildman–Crippen MR) is 109 cm³/mol. The molecule has 3 atom stereocenters. The van der Waals surface area contributed by atoms with Gasteiger partial charge in [0, 0.05) is 5.69 Å². The summed E-state index contributed by atoms with van der Waals surface area (Å²) >= 11 is 1.33. The molecule has 5 nitrogen and oxygen atoms in total. The number of hydrogen-bond acceptors (Lipinski definition) is 4. The Morgan fingerprint density at radius 2 is 1.48 bits per heavy atom. The highest BCUT2D eigenvalue weighted by Gasteiger charge is 2.51. The maximum atomic E-state index is 13.1. The van der Waals surface area contributed by atoms with Crippen LogP contribution in [0.2, 0.25) is 0 Å². The number of rotatable bonds is 6. The second-order valence-electron chi connectivity index (χ2n) is 8.13. The Morgan fingerprint density at radius 1 is 1.00 bits per heavy atom. The van der Waals surface area contributed by atoms with Crippen molar-refractivity contribution in [2.24, 2.45) is 11.8 Å². The molecule has 3 amide bonds. The van der Waals surface area contributed by atoms with Crippen molar-refractivity contribution in [2.45, 2.75) is 50.5 Å². The van der Waals surface area contributed by atoms with Crippen LogP contribution in [0.3, 0.4) is 0 Å². The van der Waals surface area contributed by atoms with Crippen molar-refractivity contribution in [2.75, 3.05) is 17.3 Å². The van der Waals surface area contributed by atoms with Gasteiger partial charge in [-0.3, -0.25) is 19.3 Å². The molecule has 0 bridgehead atoms. The van der Waals surface area contributed by atoms with E-state index in [1.165, 1.54) is 11.8 Å². The molecule has 0 radical (unpaired) electrons. The fraction of sp³-hybridized carbons (Fsp3) is 0.571. The molecule has 182 valence electrons. The molecule has 1 aromatic carbocycles. The van der Waals surface area contributed by atoms with Crippen molar-refractivity contribution in [1.82, 2.24) is 4.90 Å². The van der Waals surface area contributed by atoms with E-state index in [9.17, 15) is 40.7 Å². The first kappa shape index (κ1) is 25.4. The highest BCUT2D eigenvalue weighted by Crippen LogP contribution is 2.40. The number of benzene rings is 1. The number of amides is 3. The van der Waals surface area contributed by atoms with E-state index >= 15 is 0 Å². The third kappa shape index (κ3) is 5.47. The quantitative estimate of drug-likeness (QED) is 0.447. The molecule has 1 heterocycles. The molecule has 1 saturated carbocycles. The predicted octanol–water partition coefficient (Wildman–Crippen LogP) is 4.96. The molecule has 2 fully saturated rings. The topological polar surface area (TPSA) is 66.5 Å². The Bertz CT molecular complexity index is 877. The first-order chi connectivity index (χ1) is 15.3. The first-order valence-corrected chi connectivity index (χ1v) is 11.7. The highest BCUT2D eigenvalue weighted by atomic mass is 32.2. The second kappa shape index (κ2) is 9.55. The summed E-state index contributed by atoms with van der Waals surface area (Å²) in [4.78, 5) is 39.7. The summed E-state index contributed by atoms with van der Waals surface area (Å²) in [5.74, 6) is -2.75. The van der Waals surface area contributed by atoms with Crippen LogP contribution in [0.5, 0.6) is 0 Å². The van der Waals surface area contributed by atoms with Crippen LogP contribution in [0.4, 0.5) is 32.0 Å². The molecule has 3 rings (SSSR count). The van der Waals surface area contributed by atoms with Crippen molar-refractivity contribution >= 4 is 35.2 Å². The van der Waals surface area contributed by atoms with Crippen molar-refractivity contribution < 1.29 is 40.7 Å². The van der Waals surface area contributed by atoms with Gasteiger partial charge >= 0.3 is 12.4 Å². The van der Waals surface area contributed by atoms with E-state index in [1.54, 1.807) is 6.26 Å². The van der Waals surface area contributed by atoms with E-state index in [-0.39, 0.29) is 12.5 Å². The van der Waals surface area contributed by atoms with E-state index < -0.39 is 64.8 Å². The van der Waals surface area contributed by atoms with Gasteiger partial charge in [-0.25, -0.2) is 0 Å². The average molecular weight is 496 g/mol. The first-order valence-electron chi connectivity index (χ1n) is 10.3. The largest absolute Gasteiger partial charge is 0.416 e. The number of imide groups is 1. The summed E-state index contributed by atoms with van der Waals surface area (Å²) in [5, 5.41) is 2.08. The van der Waals surface area contributed by atoms with Gasteiger partial charge < -0.3 is 5.32 Å². The maximum Gasteiger partial charge on any atom is 0.416 e. The molecule has 0 spiro atoms. The number of halogens is 6. The number of thioether (sulfide) groups is 1. The van der Waals surface area contributed by atoms with Gasteiger partial charge in [0.2, 0.25) is 17.7 Å². The summed E-state index contributed by atoms with van der Waals surface area (Å²) in [6.07, 6.45) is -5.86. The minimum absolute atomic E-state index is 0.0228. The van der Waals surface area contributed by atoms with Gasteiger partial charge in [0.1, 0.15) is 6.04 Å². The fourth-order valence-corrected chi connectivity index (χ4v) is 4.81. The zero-order valence-corrected chi connectivity index (χ0v) is 18.4. The van der Waals surface area contributed by atoms with Crippen LogP contribution in [-0.2, 0) is 26.7 Å². The number of anilines is 1. The molecule has 12 heteroatoms. The smallest absolute Gasteiger partial charge is 0.324 e. The third-order valence-electron chi connectivity index (χ3n) is 5.94. The molecule has 1 aliphatic carbocycles. The lowest BCUT2D eigenvalue weighted by Gasteiger charge is -2.26. The Hall–Kier alpha value is -2.24. The van der Waals surface area contributed by atoms with Crippen molar-refractivity contribution in [3.8, 4) is 0 Å². The Balaban J connectivity index is 1.92. The van der Waals surface area contributed by atoms with Crippen LogP contribution in [-0.4, -0.2) is 40.7 Å². The van der Waals surface area contributed by atoms with Crippen LogP contribution in [0.15, 0.2) is 18.2 Å². The number of carbonyl (C=O) groups excluding carboxylic acids is 3.